The molecule has 0 aliphatic heterocycles. The molecule has 1 aromatic rings. The van der Waals surface area contributed by atoms with Crippen molar-refractivity contribution in [1.82, 2.24) is 0 Å². The minimum Gasteiger partial charge on any atom is -0.324 e. The highest BCUT2D eigenvalue weighted by molar-refractivity contribution is 7.91. The topological polar surface area (TPSA) is 89.3 Å². The molecular weight excluding hydrogens is 350 g/mol. The highest BCUT2D eigenvalue weighted by Crippen LogP contribution is 2.28. The molecule has 9 heteroatoms. The highest BCUT2D eigenvalue weighted by atomic mass is 35.5. The van der Waals surface area contributed by atoms with Gasteiger partial charge in [-0.15, -0.1) is 12.4 Å². The van der Waals surface area contributed by atoms with Gasteiger partial charge >= 0.3 is 5.76 Å². The van der Waals surface area contributed by atoms with Gasteiger partial charge in [0.15, 0.2) is 0 Å². The molecule has 0 radical (unpaired) electrons. The van der Waals surface area contributed by atoms with E-state index in [1.165, 1.54) is 12.1 Å². The van der Waals surface area contributed by atoms with E-state index in [9.17, 15) is 22.0 Å². The summed E-state index contributed by atoms with van der Waals surface area (Å²) in [4.78, 5) is 11.7. The van der Waals surface area contributed by atoms with Crippen LogP contribution in [-0.2, 0) is 14.6 Å². The number of anilines is 1. The first kappa shape index (κ1) is 19.8. The first-order chi connectivity index (χ1) is 10.3. The zero-order valence-electron chi connectivity index (χ0n) is 12.3. The maximum absolute atomic E-state index is 12.5. The van der Waals surface area contributed by atoms with Crippen LogP contribution in [0.15, 0.2) is 29.2 Å². The van der Waals surface area contributed by atoms with Gasteiger partial charge in [0, 0.05) is 5.69 Å². The van der Waals surface area contributed by atoms with Crippen molar-refractivity contribution in [2.24, 2.45) is 5.73 Å². The van der Waals surface area contributed by atoms with Crippen LogP contribution in [0.5, 0.6) is 0 Å². The molecule has 1 saturated carbocycles. The highest BCUT2D eigenvalue weighted by Gasteiger charge is 2.35. The van der Waals surface area contributed by atoms with Crippen molar-refractivity contribution in [3.63, 3.8) is 0 Å². The molecule has 0 atom stereocenters. The second-order valence-corrected chi connectivity index (χ2v) is 7.42. The lowest BCUT2D eigenvalue weighted by atomic mass is 9.82. The van der Waals surface area contributed by atoms with Crippen molar-refractivity contribution in [2.45, 2.75) is 48.3 Å². The number of halogens is 3. The molecule has 0 saturated heterocycles. The molecule has 1 fully saturated rings. The molecular formula is C14H19ClF2N2O3S. The van der Waals surface area contributed by atoms with Crippen LogP contribution < -0.4 is 11.1 Å². The average Bonchev–Trinajstić information content (AvgIpc) is 2.48. The van der Waals surface area contributed by atoms with E-state index in [0.29, 0.717) is 12.8 Å². The standard InChI is InChI=1S/C14H18F2N2O3S.ClH/c15-13(16)22(20,21)11-6-4-5-10(9-11)18-12(19)14(17)7-2-1-3-8-14;/h4-6,9,13H,1-3,7-8,17H2,(H,18,19);1H. The Morgan fingerprint density at radius 1 is 1.22 bits per heavy atom. The summed E-state index contributed by atoms with van der Waals surface area (Å²) in [6.45, 7) is 0. The van der Waals surface area contributed by atoms with Crippen molar-refractivity contribution >= 4 is 33.8 Å². The van der Waals surface area contributed by atoms with Gasteiger partial charge in [-0.3, -0.25) is 4.79 Å². The fourth-order valence-electron chi connectivity index (χ4n) is 2.52. The van der Waals surface area contributed by atoms with E-state index in [1.54, 1.807) is 0 Å². The number of carbonyl (C=O) groups is 1. The molecule has 0 spiro atoms. The van der Waals surface area contributed by atoms with Crippen LogP contribution in [0, 0.1) is 0 Å². The Morgan fingerprint density at radius 3 is 2.39 bits per heavy atom. The second-order valence-electron chi connectivity index (χ2n) is 5.50. The molecule has 130 valence electrons. The van der Waals surface area contributed by atoms with E-state index in [-0.39, 0.29) is 18.1 Å². The number of hydrogen-bond donors (Lipinski definition) is 2. The summed E-state index contributed by atoms with van der Waals surface area (Å²) in [5.74, 6) is -3.92. The van der Waals surface area contributed by atoms with E-state index < -0.39 is 31.9 Å². The van der Waals surface area contributed by atoms with Gasteiger partial charge in [0.1, 0.15) is 0 Å². The Hall–Kier alpha value is -1.25. The normalized spacial score (nSPS) is 17.4. The van der Waals surface area contributed by atoms with Crippen LogP contribution in [0.3, 0.4) is 0 Å². The predicted molar refractivity (Wildman–Crippen MR) is 85.5 cm³/mol. The molecule has 0 heterocycles. The number of sulfone groups is 1. The molecule has 0 unspecified atom stereocenters. The molecule has 0 aromatic heterocycles. The lowest BCUT2D eigenvalue weighted by Gasteiger charge is -2.31. The molecule has 5 nitrogen and oxygen atoms in total. The average molecular weight is 369 g/mol. The third kappa shape index (κ3) is 4.39. The van der Waals surface area contributed by atoms with Gasteiger partial charge in [0.25, 0.3) is 0 Å². The fraction of sp³-hybridized carbons (Fsp3) is 0.500. The van der Waals surface area contributed by atoms with Crippen LogP contribution in [-0.4, -0.2) is 25.6 Å². The Morgan fingerprint density at radius 2 is 1.83 bits per heavy atom. The van der Waals surface area contributed by atoms with Crippen LogP contribution in [0.25, 0.3) is 0 Å². The number of hydrogen-bond acceptors (Lipinski definition) is 4. The maximum atomic E-state index is 12.5. The van der Waals surface area contributed by atoms with Crippen LogP contribution >= 0.6 is 12.4 Å². The Bertz CT molecular complexity index is 662. The summed E-state index contributed by atoms with van der Waals surface area (Å²) in [5.41, 5.74) is 5.22. The van der Waals surface area contributed by atoms with E-state index >= 15 is 0 Å². The zero-order chi connectivity index (χ0) is 16.4. The summed E-state index contributed by atoms with van der Waals surface area (Å²) in [6.07, 6.45) is 3.82. The molecule has 23 heavy (non-hydrogen) atoms. The van der Waals surface area contributed by atoms with Crippen molar-refractivity contribution in [1.29, 1.82) is 0 Å². The Balaban J connectivity index is 0.00000264. The lowest BCUT2D eigenvalue weighted by Crippen LogP contribution is -2.52. The van der Waals surface area contributed by atoms with Crippen LogP contribution in [0.1, 0.15) is 32.1 Å². The molecule has 1 aliphatic rings. The Kier molecular flexibility index (Phi) is 6.49. The molecule has 1 aromatic carbocycles. The third-order valence-electron chi connectivity index (χ3n) is 3.85. The summed E-state index contributed by atoms with van der Waals surface area (Å²) in [6, 6.07) is 4.82. The van der Waals surface area contributed by atoms with E-state index in [2.05, 4.69) is 5.32 Å². The van der Waals surface area contributed by atoms with Gasteiger partial charge in [-0.05, 0) is 31.0 Å². The largest absolute Gasteiger partial charge is 0.341 e. The zero-order valence-corrected chi connectivity index (χ0v) is 13.9. The number of rotatable bonds is 4. The second kappa shape index (κ2) is 7.55. The van der Waals surface area contributed by atoms with Gasteiger partial charge in [0.2, 0.25) is 15.7 Å². The first-order valence-electron chi connectivity index (χ1n) is 6.98. The van der Waals surface area contributed by atoms with Gasteiger partial charge in [-0.1, -0.05) is 25.3 Å². The molecule has 1 amide bonds. The van der Waals surface area contributed by atoms with E-state index in [4.69, 9.17) is 5.73 Å². The van der Waals surface area contributed by atoms with Gasteiger partial charge in [-0.2, -0.15) is 8.78 Å². The van der Waals surface area contributed by atoms with E-state index in [0.717, 1.165) is 31.4 Å². The quantitative estimate of drug-likeness (QED) is 0.855. The van der Waals surface area contributed by atoms with Crippen molar-refractivity contribution in [2.75, 3.05) is 5.32 Å². The number of carbonyl (C=O) groups excluding carboxylic acids is 1. The van der Waals surface area contributed by atoms with Gasteiger partial charge in [-0.25, -0.2) is 8.42 Å². The predicted octanol–water partition coefficient (Wildman–Crippen LogP) is 2.70. The molecule has 1 aliphatic carbocycles. The van der Waals surface area contributed by atoms with Crippen molar-refractivity contribution < 1.29 is 22.0 Å². The summed E-state index contributed by atoms with van der Waals surface area (Å²) in [7, 11) is -4.69. The number of nitrogens with one attached hydrogen (secondary N) is 1. The summed E-state index contributed by atoms with van der Waals surface area (Å²) in [5, 5.41) is 2.53. The molecule has 3 N–H and O–H groups in total. The monoisotopic (exact) mass is 368 g/mol. The van der Waals surface area contributed by atoms with Gasteiger partial charge in [0.05, 0.1) is 10.4 Å². The summed E-state index contributed by atoms with van der Waals surface area (Å²) < 4.78 is 48.0. The van der Waals surface area contributed by atoms with Crippen molar-refractivity contribution in [3.05, 3.63) is 24.3 Å². The molecule has 2 rings (SSSR count). The van der Waals surface area contributed by atoms with Gasteiger partial charge < -0.3 is 11.1 Å². The maximum Gasteiger partial charge on any atom is 0.341 e. The molecule has 0 bridgehead atoms. The number of benzene rings is 1. The third-order valence-corrected chi connectivity index (χ3v) is 5.23. The number of amides is 1. The first-order valence-corrected chi connectivity index (χ1v) is 8.53. The number of nitrogens with two attached hydrogens (primary N) is 1. The van der Waals surface area contributed by atoms with E-state index in [1.807, 2.05) is 0 Å². The Labute approximate surface area is 140 Å². The SMILES string of the molecule is Cl.NC1(C(=O)Nc2cccc(S(=O)(=O)C(F)F)c2)CCCCC1. The van der Waals surface area contributed by atoms with Crippen molar-refractivity contribution in [3.8, 4) is 0 Å². The lowest BCUT2D eigenvalue weighted by molar-refractivity contribution is -0.122. The smallest absolute Gasteiger partial charge is 0.324 e. The minimum atomic E-state index is -4.69. The number of alkyl halides is 2. The van der Waals surface area contributed by atoms with Crippen LogP contribution in [0.4, 0.5) is 14.5 Å². The minimum absolute atomic E-state index is 0. The summed E-state index contributed by atoms with van der Waals surface area (Å²) >= 11 is 0. The van der Waals surface area contributed by atoms with Crippen LogP contribution in [0.2, 0.25) is 0 Å². The fourth-order valence-corrected chi connectivity index (χ4v) is 3.28.